The number of nitrogens with one attached hydrogen (secondary N) is 1. The van der Waals surface area contributed by atoms with Crippen molar-refractivity contribution < 1.29 is 18.0 Å². The Balaban J connectivity index is 2.20. The molecule has 0 aliphatic heterocycles. The number of anilines is 1. The maximum absolute atomic E-state index is 12.8. The van der Waals surface area contributed by atoms with Crippen molar-refractivity contribution in [3.05, 3.63) is 29.3 Å². The fraction of sp³-hybridized carbons (Fsp3) is 0.500. The number of halogens is 3. The van der Waals surface area contributed by atoms with Crippen LogP contribution in [0.15, 0.2) is 18.2 Å². The normalized spacial score (nSPS) is 17.4. The largest absolute Gasteiger partial charge is 0.416 e. The van der Waals surface area contributed by atoms with E-state index in [0.717, 1.165) is 12.5 Å². The van der Waals surface area contributed by atoms with E-state index in [1.54, 1.807) is 0 Å². The van der Waals surface area contributed by atoms with E-state index in [-0.39, 0.29) is 23.7 Å². The van der Waals surface area contributed by atoms with Gasteiger partial charge in [0, 0.05) is 12.2 Å². The standard InChI is InChI=1S/C14H17F3N2O/c1-9-3-4-10(7-11(9)14(15,16)17)19-12(20)13(8-18)5-2-6-13/h3-4,7H,2,5-6,8,18H2,1H3,(H,19,20). The summed E-state index contributed by atoms with van der Waals surface area (Å²) in [6.45, 7) is 1.61. The molecule has 0 unspecified atom stereocenters. The van der Waals surface area contributed by atoms with Crippen LogP contribution >= 0.6 is 0 Å². The van der Waals surface area contributed by atoms with E-state index in [2.05, 4.69) is 5.32 Å². The predicted molar refractivity (Wildman–Crippen MR) is 70.1 cm³/mol. The monoisotopic (exact) mass is 286 g/mol. The van der Waals surface area contributed by atoms with Crippen LogP contribution in [-0.2, 0) is 11.0 Å². The summed E-state index contributed by atoms with van der Waals surface area (Å²) < 4.78 is 38.4. The van der Waals surface area contributed by atoms with Crippen LogP contribution in [0.25, 0.3) is 0 Å². The van der Waals surface area contributed by atoms with E-state index in [4.69, 9.17) is 5.73 Å². The highest BCUT2D eigenvalue weighted by Gasteiger charge is 2.43. The van der Waals surface area contributed by atoms with Crippen LogP contribution in [0.5, 0.6) is 0 Å². The fourth-order valence-electron chi connectivity index (χ4n) is 2.40. The van der Waals surface area contributed by atoms with E-state index in [9.17, 15) is 18.0 Å². The number of hydrogen-bond donors (Lipinski definition) is 2. The molecular weight excluding hydrogens is 269 g/mol. The van der Waals surface area contributed by atoms with Crippen molar-refractivity contribution in [2.45, 2.75) is 32.4 Å². The number of carbonyl (C=O) groups is 1. The summed E-state index contributed by atoms with van der Waals surface area (Å²) in [5, 5.41) is 2.56. The lowest BCUT2D eigenvalue weighted by atomic mass is 9.68. The Labute approximate surface area is 115 Å². The highest BCUT2D eigenvalue weighted by atomic mass is 19.4. The summed E-state index contributed by atoms with van der Waals surface area (Å²) in [6, 6.07) is 3.80. The van der Waals surface area contributed by atoms with Crippen LogP contribution < -0.4 is 11.1 Å². The summed E-state index contributed by atoms with van der Waals surface area (Å²) in [7, 11) is 0. The van der Waals surface area contributed by atoms with Gasteiger partial charge in [-0.2, -0.15) is 13.2 Å². The molecule has 1 fully saturated rings. The van der Waals surface area contributed by atoms with Gasteiger partial charge in [0.1, 0.15) is 0 Å². The minimum absolute atomic E-state index is 0.132. The van der Waals surface area contributed by atoms with Crippen LogP contribution in [0.4, 0.5) is 18.9 Å². The molecule has 1 aliphatic carbocycles. The molecule has 0 saturated heterocycles. The molecule has 110 valence electrons. The number of amides is 1. The van der Waals surface area contributed by atoms with Gasteiger partial charge in [0.05, 0.1) is 11.0 Å². The maximum atomic E-state index is 12.8. The molecule has 20 heavy (non-hydrogen) atoms. The summed E-state index contributed by atoms with van der Waals surface area (Å²) in [5.74, 6) is -0.289. The molecule has 0 spiro atoms. The first-order chi connectivity index (χ1) is 9.28. The molecule has 6 heteroatoms. The zero-order valence-electron chi connectivity index (χ0n) is 11.2. The second-order valence-corrected chi connectivity index (χ2v) is 5.32. The minimum atomic E-state index is -4.42. The lowest BCUT2D eigenvalue weighted by Crippen LogP contribution is -2.47. The van der Waals surface area contributed by atoms with Crippen molar-refractivity contribution in [2.24, 2.45) is 11.1 Å². The molecule has 0 atom stereocenters. The number of alkyl halides is 3. The fourth-order valence-corrected chi connectivity index (χ4v) is 2.40. The van der Waals surface area contributed by atoms with Crippen LogP contribution in [0.1, 0.15) is 30.4 Å². The van der Waals surface area contributed by atoms with Crippen LogP contribution in [-0.4, -0.2) is 12.5 Å². The lowest BCUT2D eigenvalue weighted by Gasteiger charge is -2.39. The smallest absolute Gasteiger partial charge is 0.329 e. The highest BCUT2D eigenvalue weighted by Crippen LogP contribution is 2.41. The average Bonchev–Trinajstić information content (AvgIpc) is 2.29. The predicted octanol–water partition coefficient (Wildman–Crippen LogP) is 3.08. The third-order valence-electron chi connectivity index (χ3n) is 3.98. The number of hydrogen-bond acceptors (Lipinski definition) is 2. The molecule has 0 heterocycles. The Hall–Kier alpha value is -1.56. The lowest BCUT2D eigenvalue weighted by molar-refractivity contribution is -0.138. The molecule has 3 N–H and O–H groups in total. The van der Waals surface area contributed by atoms with Crippen molar-refractivity contribution in [1.82, 2.24) is 0 Å². The zero-order valence-corrected chi connectivity index (χ0v) is 11.2. The van der Waals surface area contributed by atoms with Gasteiger partial charge in [-0.15, -0.1) is 0 Å². The van der Waals surface area contributed by atoms with Gasteiger partial charge in [-0.1, -0.05) is 12.5 Å². The molecule has 1 aliphatic rings. The van der Waals surface area contributed by atoms with E-state index in [1.807, 2.05) is 0 Å². The summed E-state index contributed by atoms with van der Waals surface area (Å²) in [5.41, 5.74) is 4.56. The van der Waals surface area contributed by atoms with Gasteiger partial charge in [-0.25, -0.2) is 0 Å². The first kappa shape index (κ1) is 14.8. The molecule has 2 rings (SSSR count). The molecular formula is C14H17F3N2O. The van der Waals surface area contributed by atoms with Gasteiger partial charge in [0.15, 0.2) is 0 Å². The molecule has 1 aromatic rings. The third kappa shape index (κ3) is 2.65. The van der Waals surface area contributed by atoms with Crippen molar-refractivity contribution in [3.8, 4) is 0 Å². The zero-order chi connectivity index (χ0) is 15.0. The Morgan fingerprint density at radius 2 is 2.05 bits per heavy atom. The SMILES string of the molecule is Cc1ccc(NC(=O)C2(CN)CCC2)cc1C(F)(F)F. The first-order valence-corrected chi connectivity index (χ1v) is 6.48. The minimum Gasteiger partial charge on any atom is -0.329 e. The molecule has 1 saturated carbocycles. The Morgan fingerprint density at radius 3 is 2.50 bits per heavy atom. The summed E-state index contributed by atoms with van der Waals surface area (Å²) in [4.78, 5) is 12.1. The van der Waals surface area contributed by atoms with Crippen molar-refractivity contribution in [1.29, 1.82) is 0 Å². The second-order valence-electron chi connectivity index (χ2n) is 5.32. The first-order valence-electron chi connectivity index (χ1n) is 6.48. The van der Waals surface area contributed by atoms with Gasteiger partial charge < -0.3 is 11.1 Å². The quantitative estimate of drug-likeness (QED) is 0.897. The number of carbonyl (C=O) groups excluding carboxylic acids is 1. The van der Waals surface area contributed by atoms with E-state index in [0.29, 0.717) is 12.8 Å². The van der Waals surface area contributed by atoms with Gasteiger partial charge >= 0.3 is 6.18 Å². The summed E-state index contributed by atoms with van der Waals surface area (Å²) in [6.07, 6.45) is -2.13. The average molecular weight is 286 g/mol. The van der Waals surface area contributed by atoms with Crippen molar-refractivity contribution in [2.75, 3.05) is 11.9 Å². The van der Waals surface area contributed by atoms with Crippen LogP contribution in [0.3, 0.4) is 0 Å². The van der Waals surface area contributed by atoms with Crippen molar-refractivity contribution in [3.63, 3.8) is 0 Å². The Morgan fingerprint density at radius 1 is 1.40 bits per heavy atom. The Bertz CT molecular complexity index is 516. The number of aryl methyl sites for hydroxylation is 1. The van der Waals surface area contributed by atoms with Gasteiger partial charge in [-0.3, -0.25) is 4.79 Å². The van der Waals surface area contributed by atoms with Gasteiger partial charge in [-0.05, 0) is 37.5 Å². The van der Waals surface area contributed by atoms with Crippen LogP contribution in [0.2, 0.25) is 0 Å². The molecule has 1 amide bonds. The molecule has 0 aromatic heterocycles. The second kappa shape index (κ2) is 5.09. The van der Waals surface area contributed by atoms with E-state index >= 15 is 0 Å². The van der Waals surface area contributed by atoms with Gasteiger partial charge in [0.25, 0.3) is 0 Å². The molecule has 1 aromatic carbocycles. The summed E-state index contributed by atoms with van der Waals surface area (Å²) >= 11 is 0. The van der Waals surface area contributed by atoms with Crippen molar-refractivity contribution >= 4 is 11.6 Å². The molecule has 0 bridgehead atoms. The number of nitrogens with two attached hydrogens (primary N) is 1. The molecule has 3 nitrogen and oxygen atoms in total. The van der Waals surface area contributed by atoms with E-state index in [1.165, 1.54) is 19.1 Å². The van der Waals surface area contributed by atoms with Gasteiger partial charge in [0.2, 0.25) is 5.91 Å². The third-order valence-corrected chi connectivity index (χ3v) is 3.98. The Kier molecular flexibility index (Phi) is 3.77. The van der Waals surface area contributed by atoms with E-state index < -0.39 is 17.2 Å². The van der Waals surface area contributed by atoms with Crippen LogP contribution in [0, 0.1) is 12.3 Å². The number of rotatable bonds is 3. The number of benzene rings is 1. The highest BCUT2D eigenvalue weighted by molar-refractivity contribution is 5.96. The maximum Gasteiger partial charge on any atom is 0.416 e. The topological polar surface area (TPSA) is 55.1 Å². The molecule has 0 radical (unpaired) electrons.